The van der Waals surface area contributed by atoms with Gasteiger partial charge in [0, 0.05) is 12.5 Å². The van der Waals surface area contributed by atoms with E-state index in [1.807, 2.05) is 0 Å². The monoisotopic (exact) mass is 235 g/mol. The van der Waals surface area contributed by atoms with Crippen LogP contribution in [0, 0.1) is 5.92 Å². The number of carbonyl (C=O) groups excluding carboxylic acids is 1. The molecule has 2 N–H and O–H groups in total. The molecule has 1 aliphatic heterocycles. The summed E-state index contributed by atoms with van der Waals surface area (Å²) in [7, 11) is -2.90. The minimum Gasteiger partial charge on any atom is -0.394 e. The Morgan fingerprint density at radius 3 is 2.73 bits per heavy atom. The van der Waals surface area contributed by atoms with Crippen molar-refractivity contribution < 1.29 is 18.3 Å². The number of carbonyl (C=O) groups is 1. The molecule has 5 nitrogen and oxygen atoms in total. The summed E-state index contributed by atoms with van der Waals surface area (Å²) in [5, 5.41) is 11.3. The third-order valence-corrected chi connectivity index (χ3v) is 4.32. The van der Waals surface area contributed by atoms with Gasteiger partial charge in [0.25, 0.3) is 0 Å². The number of rotatable bonds is 4. The SMILES string of the molecule is CC(CO)NC(=O)CC1CCS(=O)(=O)C1. The Morgan fingerprint density at radius 1 is 1.60 bits per heavy atom. The van der Waals surface area contributed by atoms with E-state index < -0.39 is 9.84 Å². The lowest BCUT2D eigenvalue weighted by Gasteiger charge is -2.12. The highest BCUT2D eigenvalue weighted by Gasteiger charge is 2.29. The number of aliphatic hydroxyl groups excluding tert-OH is 1. The molecule has 88 valence electrons. The lowest BCUT2D eigenvalue weighted by atomic mass is 10.0. The third kappa shape index (κ3) is 4.17. The van der Waals surface area contributed by atoms with Gasteiger partial charge in [-0.25, -0.2) is 8.42 Å². The number of amides is 1. The molecule has 0 bridgehead atoms. The van der Waals surface area contributed by atoms with Crippen molar-refractivity contribution in [3.8, 4) is 0 Å². The van der Waals surface area contributed by atoms with Crippen molar-refractivity contribution >= 4 is 15.7 Å². The number of hydrogen-bond acceptors (Lipinski definition) is 4. The van der Waals surface area contributed by atoms with Crippen LogP contribution in [0.3, 0.4) is 0 Å². The van der Waals surface area contributed by atoms with Gasteiger partial charge in [-0.05, 0) is 19.3 Å². The third-order valence-electron chi connectivity index (χ3n) is 2.48. The Labute approximate surface area is 89.8 Å². The lowest BCUT2D eigenvalue weighted by Crippen LogP contribution is -2.36. The number of aliphatic hydroxyl groups is 1. The van der Waals surface area contributed by atoms with Gasteiger partial charge >= 0.3 is 0 Å². The molecule has 1 fully saturated rings. The maximum Gasteiger partial charge on any atom is 0.220 e. The van der Waals surface area contributed by atoms with Crippen molar-refractivity contribution in [3.05, 3.63) is 0 Å². The summed E-state index contributed by atoms with van der Waals surface area (Å²) in [5.74, 6) is 0.0774. The summed E-state index contributed by atoms with van der Waals surface area (Å²) < 4.78 is 22.3. The van der Waals surface area contributed by atoms with Gasteiger partial charge in [0.15, 0.2) is 9.84 Å². The van der Waals surface area contributed by atoms with E-state index in [1.165, 1.54) is 0 Å². The van der Waals surface area contributed by atoms with E-state index in [2.05, 4.69) is 5.32 Å². The molecule has 15 heavy (non-hydrogen) atoms. The van der Waals surface area contributed by atoms with Crippen molar-refractivity contribution in [2.24, 2.45) is 5.92 Å². The topological polar surface area (TPSA) is 83.5 Å². The van der Waals surface area contributed by atoms with Gasteiger partial charge in [-0.2, -0.15) is 0 Å². The first-order valence-electron chi connectivity index (χ1n) is 5.03. The van der Waals surface area contributed by atoms with Gasteiger partial charge < -0.3 is 10.4 Å². The zero-order valence-electron chi connectivity index (χ0n) is 8.77. The Balaban J connectivity index is 2.34. The van der Waals surface area contributed by atoms with Crippen molar-refractivity contribution in [2.75, 3.05) is 18.1 Å². The standard InChI is InChI=1S/C9H17NO4S/c1-7(5-11)10-9(12)4-8-2-3-15(13,14)6-8/h7-8,11H,2-6H2,1H3,(H,10,12). The predicted molar refractivity (Wildman–Crippen MR) is 56.1 cm³/mol. The van der Waals surface area contributed by atoms with Crippen molar-refractivity contribution in [1.29, 1.82) is 0 Å². The summed E-state index contributed by atoms with van der Waals surface area (Å²) in [6, 6.07) is -0.268. The number of nitrogens with one attached hydrogen (secondary N) is 1. The molecular weight excluding hydrogens is 218 g/mol. The van der Waals surface area contributed by atoms with Crippen molar-refractivity contribution in [2.45, 2.75) is 25.8 Å². The second kappa shape index (κ2) is 4.94. The number of sulfone groups is 1. The van der Waals surface area contributed by atoms with Crippen LogP contribution in [0.1, 0.15) is 19.8 Å². The second-order valence-corrected chi connectivity index (χ2v) is 6.35. The van der Waals surface area contributed by atoms with E-state index in [4.69, 9.17) is 5.11 Å². The fraction of sp³-hybridized carbons (Fsp3) is 0.889. The maximum absolute atomic E-state index is 11.4. The summed E-state index contributed by atoms with van der Waals surface area (Å²) in [4.78, 5) is 11.4. The maximum atomic E-state index is 11.4. The molecule has 0 aliphatic carbocycles. The first-order valence-corrected chi connectivity index (χ1v) is 6.85. The van der Waals surface area contributed by atoms with E-state index in [0.29, 0.717) is 6.42 Å². The Bertz CT molecular complexity index is 325. The summed E-state index contributed by atoms with van der Waals surface area (Å²) >= 11 is 0. The quantitative estimate of drug-likeness (QED) is 0.675. The van der Waals surface area contributed by atoms with Crippen LogP contribution in [0.4, 0.5) is 0 Å². The van der Waals surface area contributed by atoms with Crippen LogP contribution in [0.2, 0.25) is 0 Å². The lowest BCUT2D eigenvalue weighted by molar-refractivity contribution is -0.122. The molecule has 0 aromatic carbocycles. The van der Waals surface area contributed by atoms with Crippen molar-refractivity contribution in [1.82, 2.24) is 5.32 Å². The first kappa shape index (κ1) is 12.4. The predicted octanol–water partition coefficient (Wildman–Crippen LogP) is -0.692. The van der Waals surface area contributed by atoms with E-state index in [9.17, 15) is 13.2 Å². The van der Waals surface area contributed by atoms with Crippen LogP contribution in [-0.4, -0.2) is 43.6 Å². The molecule has 0 aromatic rings. The molecule has 1 amide bonds. The molecular formula is C9H17NO4S. The van der Waals surface area contributed by atoms with Crippen molar-refractivity contribution in [3.63, 3.8) is 0 Å². The zero-order chi connectivity index (χ0) is 11.5. The van der Waals surface area contributed by atoms with Gasteiger partial charge in [0.05, 0.1) is 18.1 Å². The smallest absolute Gasteiger partial charge is 0.220 e. The van der Waals surface area contributed by atoms with Crippen LogP contribution in [0.5, 0.6) is 0 Å². The van der Waals surface area contributed by atoms with Crippen LogP contribution in [-0.2, 0) is 14.6 Å². The molecule has 1 rings (SSSR count). The van der Waals surface area contributed by atoms with Gasteiger partial charge in [-0.3, -0.25) is 4.79 Å². The largest absolute Gasteiger partial charge is 0.394 e. The molecule has 0 saturated carbocycles. The number of hydrogen-bond donors (Lipinski definition) is 2. The Morgan fingerprint density at radius 2 is 2.27 bits per heavy atom. The molecule has 1 saturated heterocycles. The van der Waals surface area contributed by atoms with Gasteiger partial charge in [-0.1, -0.05) is 0 Å². The normalized spacial score (nSPS) is 26.1. The average Bonchev–Trinajstić information content (AvgIpc) is 2.44. The van der Waals surface area contributed by atoms with Crippen LogP contribution >= 0.6 is 0 Å². The highest BCUT2D eigenvalue weighted by atomic mass is 32.2. The highest BCUT2D eigenvalue weighted by molar-refractivity contribution is 7.91. The highest BCUT2D eigenvalue weighted by Crippen LogP contribution is 2.21. The minimum atomic E-state index is -2.90. The molecule has 0 aromatic heterocycles. The second-order valence-electron chi connectivity index (χ2n) is 4.12. The van der Waals surface area contributed by atoms with Crippen LogP contribution in [0.25, 0.3) is 0 Å². The summed E-state index contributed by atoms with van der Waals surface area (Å²) in [6.07, 6.45) is 0.812. The van der Waals surface area contributed by atoms with E-state index in [1.54, 1.807) is 6.92 Å². The summed E-state index contributed by atoms with van der Waals surface area (Å²) in [5.41, 5.74) is 0. The Hall–Kier alpha value is -0.620. The molecule has 0 radical (unpaired) electrons. The fourth-order valence-electron chi connectivity index (χ4n) is 1.67. The van der Waals surface area contributed by atoms with Crippen LogP contribution < -0.4 is 5.32 Å². The molecule has 0 spiro atoms. The minimum absolute atomic E-state index is 0.0547. The van der Waals surface area contributed by atoms with Crippen LogP contribution in [0.15, 0.2) is 0 Å². The molecule has 2 unspecified atom stereocenters. The van der Waals surface area contributed by atoms with E-state index in [0.717, 1.165) is 0 Å². The molecule has 1 heterocycles. The average molecular weight is 235 g/mol. The van der Waals surface area contributed by atoms with E-state index >= 15 is 0 Å². The van der Waals surface area contributed by atoms with Gasteiger partial charge in [0.1, 0.15) is 0 Å². The molecule has 1 aliphatic rings. The fourth-order valence-corrected chi connectivity index (χ4v) is 3.54. The van der Waals surface area contributed by atoms with Gasteiger partial charge in [-0.15, -0.1) is 0 Å². The molecule has 6 heteroatoms. The van der Waals surface area contributed by atoms with Gasteiger partial charge in [0.2, 0.25) is 5.91 Å². The van der Waals surface area contributed by atoms with E-state index in [-0.39, 0.29) is 42.4 Å². The molecule has 2 atom stereocenters. The summed E-state index contributed by atoms with van der Waals surface area (Å²) in [6.45, 7) is 1.60. The Kier molecular flexibility index (Phi) is 4.10. The first-order chi connectivity index (χ1) is 6.93. The zero-order valence-corrected chi connectivity index (χ0v) is 9.59.